The van der Waals surface area contributed by atoms with Gasteiger partial charge in [-0.15, -0.1) is 0 Å². The Morgan fingerprint density at radius 3 is 2.18 bits per heavy atom. The van der Waals surface area contributed by atoms with Gasteiger partial charge in [0.25, 0.3) is 0 Å². The molecule has 11 heavy (non-hydrogen) atoms. The number of nitrogens with two attached hydrogens (primary N) is 1. The number of amidine groups is 1. The fourth-order valence-corrected chi connectivity index (χ4v) is 0.434. The van der Waals surface area contributed by atoms with Crippen LogP contribution < -0.4 is 5.73 Å². The Labute approximate surface area is 67.7 Å². The Balaban J connectivity index is 4.14. The summed E-state index contributed by atoms with van der Waals surface area (Å²) in [5.41, 5.74) is 4.96. The van der Waals surface area contributed by atoms with Crippen LogP contribution >= 0.6 is 0 Å². The summed E-state index contributed by atoms with van der Waals surface area (Å²) in [6.07, 6.45) is 0. The van der Waals surface area contributed by atoms with Crippen LogP contribution in [0.4, 0.5) is 0 Å². The van der Waals surface area contributed by atoms with Crippen LogP contribution in [0.3, 0.4) is 0 Å². The molecule has 0 aromatic rings. The highest BCUT2D eigenvalue weighted by Gasteiger charge is 2.22. The predicted octanol–water partition coefficient (Wildman–Crippen LogP) is 0.979. The summed E-state index contributed by atoms with van der Waals surface area (Å²) in [6.45, 7) is 7.49. The molecule has 0 aliphatic carbocycles. The van der Waals surface area contributed by atoms with Crippen molar-refractivity contribution < 1.29 is 4.79 Å². The summed E-state index contributed by atoms with van der Waals surface area (Å²) in [5.74, 6) is 0.668. The lowest BCUT2D eigenvalue weighted by molar-refractivity contribution is -0.124. The molecule has 0 saturated carbocycles. The standard InChI is InChI=1S/C8H16N2O/c1-6(11)8(3,4)5-10-7(2)9/h5H2,1-4H3,(H2,9,10). The molecule has 0 bridgehead atoms. The van der Waals surface area contributed by atoms with E-state index < -0.39 is 0 Å². The Bertz CT molecular complexity index is 179. The van der Waals surface area contributed by atoms with Crippen LogP contribution in [-0.4, -0.2) is 18.2 Å². The van der Waals surface area contributed by atoms with Crippen molar-refractivity contribution in [2.75, 3.05) is 6.54 Å². The Hall–Kier alpha value is -0.860. The largest absolute Gasteiger partial charge is 0.388 e. The predicted molar refractivity (Wildman–Crippen MR) is 46.6 cm³/mol. The van der Waals surface area contributed by atoms with Crippen molar-refractivity contribution in [1.82, 2.24) is 0 Å². The number of aliphatic imine (C=N–C) groups is 1. The molecule has 0 unspecified atom stereocenters. The number of ketones is 1. The van der Waals surface area contributed by atoms with Gasteiger partial charge in [0.1, 0.15) is 5.78 Å². The topological polar surface area (TPSA) is 55.5 Å². The smallest absolute Gasteiger partial charge is 0.137 e. The SMILES string of the molecule is CC(=O)C(C)(C)CN=C(C)N. The summed E-state index contributed by atoms with van der Waals surface area (Å²) in [7, 11) is 0. The third-order valence-electron chi connectivity index (χ3n) is 1.68. The van der Waals surface area contributed by atoms with Crippen molar-refractivity contribution in [2.24, 2.45) is 16.1 Å². The van der Waals surface area contributed by atoms with Gasteiger partial charge in [0.15, 0.2) is 0 Å². The van der Waals surface area contributed by atoms with Crippen molar-refractivity contribution in [2.45, 2.75) is 27.7 Å². The van der Waals surface area contributed by atoms with Gasteiger partial charge in [0.2, 0.25) is 0 Å². The second-order valence-electron chi connectivity index (χ2n) is 3.40. The number of Topliss-reactive ketones (excluding diaryl/α,β-unsaturated/α-hetero) is 1. The first-order valence-corrected chi connectivity index (χ1v) is 3.64. The molecule has 3 nitrogen and oxygen atoms in total. The van der Waals surface area contributed by atoms with Gasteiger partial charge in [-0.05, 0) is 13.8 Å². The van der Waals surface area contributed by atoms with E-state index in [2.05, 4.69) is 4.99 Å². The molecule has 3 heteroatoms. The van der Waals surface area contributed by atoms with E-state index in [1.165, 1.54) is 0 Å². The number of carbonyl (C=O) groups is 1. The van der Waals surface area contributed by atoms with Gasteiger partial charge in [-0.3, -0.25) is 9.79 Å². The highest BCUT2D eigenvalue weighted by atomic mass is 16.1. The van der Waals surface area contributed by atoms with E-state index >= 15 is 0 Å². The molecule has 0 aromatic carbocycles. The average molecular weight is 156 g/mol. The van der Waals surface area contributed by atoms with Crippen LogP contribution in [0, 0.1) is 5.41 Å². The van der Waals surface area contributed by atoms with Gasteiger partial charge in [-0.2, -0.15) is 0 Å². The number of carbonyl (C=O) groups excluding carboxylic acids is 1. The van der Waals surface area contributed by atoms with E-state index in [1.807, 2.05) is 13.8 Å². The van der Waals surface area contributed by atoms with Crippen LogP contribution in [-0.2, 0) is 4.79 Å². The zero-order valence-electron chi connectivity index (χ0n) is 7.64. The van der Waals surface area contributed by atoms with Crippen molar-refractivity contribution in [3.8, 4) is 0 Å². The molecule has 0 radical (unpaired) electrons. The van der Waals surface area contributed by atoms with E-state index in [0.29, 0.717) is 12.4 Å². The molecule has 0 heterocycles. The molecule has 0 amide bonds. The van der Waals surface area contributed by atoms with Crippen molar-refractivity contribution in [3.05, 3.63) is 0 Å². The molecule has 0 atom stereocenters. The maximum Gasteiger partial charge on any atom is 0.137 e. The third-order valence-corrected chi connectivity index (χ3v) is 1.68. The highest BCUT2D eigenvalue weighted by molar-refractivity contribution is 5.82. The Morgan fingerprint density at radius 2 is 1.91 bits per heavy atom. The van der Waals surface area contributed by atoms with E-state index in [-0.39, 0.29) is 11.2 Å². The minimum absolute atomic E-state index is 0.141. The van der Waals surface area contributed by atoms with Crippen LogP contribution in [0.2, 0.25) is 0 Å². The van der Waals surface area contributed by atoms with Gasteiger partial charge >= 0.3 is 0 Å². The maximum absolute atomic E-state index is 11.0. The fourth-order valence-electron chi connectivity index (χ4n) is 0.434. The number of hydrogen-bond donors (Lipinski definition) is 1. The molecular formula is C8H16N2O. The number of rotatable bonds is 3. The van der Waals surface area contributed by atoms with Crippen LogP contribution in [0.25, 0.3) is 0 Å². The zero-order chi connectivity index (χ0) is 9.07. The summed E-state index contributed by atoms with van der Waals surface area (Å²) >= 11 is 0. The van der Waals surface area contributed by atoms with E-state index in [4.69, 9.17) is 5.73 Å². The average Bonchev–Trinajstić information content (AvgIpc) is 1.84. The second-order valence-corrected chi connectivity index (χ2v) is 3.40. The summed E-state index contributed by atoms with van der Waals surface area (Å²) < 4.78 is 0. The summed E-state index contributed by atoms with van der Waals surface area (Å²) in [5, 5.41) is 0. The molecule has 0 aliphatic heterocycles. The molecule has 64 valence electrons. The minimum Gasteiger partial charge on any atom is -0.388 e. The molecule has 2 N–H and O–H groups in total. The second kappa shape index (κ2) is 3.51. The summed E-state index contributed by atoms with van der Waals surface area (Å²) in [4.78, 5) is 15.0. The first-order valence-electron chi connectivity index (χ1n) is 3.64. The fraction of sp³-hybridized carbons (Fsp3) is 0.750. The first-order chi connectivity index (χ1) is 4.86. The lowest BCUT2D eigenvalue weighted by Crippen LogP contribution is -2.26. The maximum atomic E-state index is 11.0. The van der Waals surface area contributed by atoms with Crippen molar-refractivity contribution in [3.63, 3.8) is 0 Å². The first kappa shape index (κ1) is 10.1. The van der Waals surface area contributed by atoms with Gasteiger partial charge in [-0.1, -0.05) is 13.8 Å². The van der Waals surface area contributed by atoms with Crippen LogP contribution in [0.1, 0.15) is 27.7 Å². The van der Waals surface area contributed by atoms with Crippen LogP contribution in [0.15, 0.2) is 4.99 Å². The lowest BCUT2D eigenvalue weighted by Gasteiger charge is -2.17. The molecule has 0 aliphatic rings. The van der Waals surface area contributed by atoms with E-state index in [1.54, 1.807) is 13.8 Å². The molecule has 0 fully saturated rings. The van der Waals surface area contributed by atoms with Gasteiger partial charge in [-0.25, -0.2) is 0 Å². The Kier molecular flexibility index (Phi) is 3.23. The Morgan fingerprint density at radius 1 is 1.45 bits per heavy atom. The van der Waals surface area contributed by atoms with Crippen molar-refractivity contribution >= 4 is 11.6 Å². The molecule has 0 aromatic heterocycles. The molecule has 0 spiro atoms. The number of nitrogens with zero attached hydrogens (tertiary/aromatic N) is 1. The highest BCUT2D eigenvalue weighted by Crippen LogP contribution is 2.16. The zero-order valence-corrected chi connectivity index (χ0v) is 7.64. The summed E-state index contributed by atoms with van der Waals surface area (Å²) in [6, 6.07) is 0. The normalized spacial score (nSPS) is 13.3. The molecular weight excluding hydrogens is 140 g/mol. The van der Waals surface area contributed by atoms with E-state index in [0.717, 1.165) is 0 Å². The van der Waals surface area contributed by atoms with E-state index in [9.17, 15) is 4.79 Å². The monoisotopic (exact) mass is 156 g/mol. The van der Waals surface area contributed by atoms with Gasteiger partial charge < -0.3 is 5.73 Å². The molecule has 0 saturated heterocycles. The number of hydrogen-bond acceptors (Lipinski definition) is 2. The van der Waals surface area contributed by atoms with Gasteiger partial charge in [0.05, 0.1) is 12.4 Å². The molecule has 0 rings (SSSR count). The quantitative estimate of drug-likeness (QED) is 0.489. The van der Waals surface area contributed by atoms with Gasteiger partial charge in [0, 0.05) is 5.41 Å². The van der Waals surface area contributed by atoms with Crippen molar-refractivity contribution in [1.29, 1.82) is 0 Å². The lowest BCUT2D eigenvalue weighted by atomic mass is 9.89. The third kappa shape index (κ3) is 3.75. The van der Waals surface area contributed by atoms with Crippen LogP contribution in [0.5, 0.6) is 0 Å². The minimum atomic E-state index is -0.374.